The largest absolute Gasteiger partial charge is 0.444 e. The van der Waals surface area contributed by atoms with Gasteiger partial charge in [0.25, 0.3) is 0 Å². The molecule has 11 heteroatoms. The number of hydrogen-bond acceptors (Lipinski definition) is 6. The molecule has 0 unspecified atom stereocenters. The van der Waals surface area contributed by atoms with Crippen LogP contribution < -0.4 is 10.6 Å². The molecule has 178 valence electrons. The number of oxazole rings is 1. The van der Waals surface area contributed by atoms with Crippen LogP contribution in [0.5, 0.6) is 0 Å². The van der Waals surface area contributed by atoms with Crippen molar-refractivity contribution in [2.75, 3.05) is 39.8 Å². The van der Waals surface area contributed by atoms with E-state index in [2.05, 4.69) is 25.5 Å². The Bertz CT molecular complexity index is 997. The van der Waals surface area contributed by atoms with Crippen LogP contribution in [0.15, 0.2) is 38.6 Å². The van der Waals surface area contributed by atoms with Gasteiger partial charge in [0.1, 0.15) is 5.76 Å². The number of halogens is 1. The van der Waals surface area contributed by atoms with Crippen LogP contribution in [-0.4, -0.2) is 68.3 Å². The van der Waals surface area contributed by atoms with Gasteiger partial charge in [0.05, 0.1) is 23.7 Å². The van der Waals surface area contributed by atoms with Crippen LogP contribution in [0.2, 0.25) is 0 Å². The van der Waals surface area contributed by atoms with Gasteiger partial charge < -0.3 is 20.0 Å². The van der Waals surface area contributed by atoms with Crippen molar-refractivity contribution in [1.29, 1.82) is 0 Å². The molecule has 1 aromatic heterocycles. The van der Waals surface area contributed by atoms with Gasteiger partial charge in [0.2, 0.25) is 15.9 Å². The number of aryl methyl sites for hydroxylation is 2. The second-order valence-corrected chi connectivity index (χ2v) is 9.52. The molecule has 9 nitrogen and oxygen atoms in total. The lowest BCUT2D eigenvalue weighted by Crippen LogP contribution is -2.47. The molecular formula is C21H33IN6O3S. The second-order valence-electron chi connectivity index (χ2n) is 7.61. The zero-order valence-corrected chi connectivity index (χ0v) is 22.2. The van der Waals surface area contributed by atoms with Gasteiger partial charge in [-0.25, -0.2) is 18.4 Å². The standard InChI is InChI=1S/C21H32N6O3S.HI/c1-5-22-21(24-15-20-25-16(2)17(3)30-20)23-14-18-8-6-7-9-19(18)31(28,29)27-12-10-26(4)11-13-27;/h6-9H,5,10-15H2,1-4H3,(H2,22,23,24);1H. The highest BCUT2D eigenvalue weighted by Crippen LogP contribution is 2.22. The molecular weight excluding hydrogens is 543 g/mol. The number of aromatic nitrogens is 1. The van der Waals surface area contributed by atoms with Crippen LogP contribution >= 0.6 is 24.0 Å². The van der Waals surface area contributed by atoms with E-state index in [4.69, 9.17) is 4.42 Å². The number of guanidine groups is 1. The Kier molecular flexibility index (Phi) is 9.92. The Balaban J connectivity index is 0.00000363. The van der Waals surface area contributed by atoms with Gasteiger partial charge in [-0.3, -0.25) is 0 Å². The zero-order chi connectivity index (χ0) is 22.4. The van der Waals surface area contributed by atoms with Crippen molar-refractivity contribution in [3.63, 3.8) is 0 Å². The van der Waals surface area contributed by atoms with E-state index in [1.165, 1.54) is 0 Å². The fraction of sp³-hybridized carbons (Fsp3) is 0.524. The molecule has 32 heavy (non-hydrogen) atoms. The summed E-state index contributed by atoms with van der Waals surface area (Å²) >= 11 is 0. The first-order valence-electron chi connectivity index (χ1n) is 10.5. The molecule has 1 saturated heterocycles. The van der Waals surface area contributed by atoms with E-state index >= 15 is 0 Å². The fourth-order valence-corrected chi connectivity index (χ4v) is 4.97. The Morgan fingerprint density at radius 2 is 1.84 bits per heavy atom. The summed E-state index contributed by atoms with van der Waals surface area (Å²) in [4.78, 5) is 11.4. The number of aliphatic imine (C=N–C) groups is 1. The van der Waals surface area contributed by atoms with E-state index in [-0.39, 0.29) is 30.5 Å². The van der Waals surface area contributed by atoms with Crippen molar-refractivity contribution in [3.05, 3.63) is 47.2 Å². The van der Waals surface area contributed by atoms with Gasteiger partial charge in [-0.2, -0.15) is 4.31 Å². The molecule has 0 radical (unpaired) electrons. The molecule has 0 amide bonds. The van der Waals surface area contributed by atoms with E-state index in [1.807, 2.05) is 40.0 Å². The average Bonchev–Trinajstić information content (AvgIpc) is 3.08. The third kappa shape index (κ3) is 6.65. The lowest BCUT2D eigenvalue weighted by Gasteiger charge is -2.32. The number of likely N-dealkylation sites (N-methyl/N-ethyl adjacent to an activating group) is 1. The van der Waals surface area contributed by atoms with Crippen LogP contribution in [0.25, 0.3) is 0 Å². The molecule has 3 rings (SSSR count). The van der Waals surface area contributed by atoms with E-state index in [0.29, 0.717) is 48.5 Å². The third-order valence-electron chi connectivity index (χ3n) is 5.28. The van der Waals surface area contributed by atoms with Crippen LogP contribution in [0, 0.1) is 13.8 Å². The minimum atomic E-state index is -3.56. The monoisotopic (exact) mass is 576 g/mol. The molecule has 1 aromatic carbocycles. The summed E-state index contributed by atoms with van der Waals surface area (Å²) < 4.78 is 33.6. The Hall–Kier alpha value is -1.70. The number of sulfonamides is 1. The topological polar surface area (TPSA) is 103 Å². The van der Waals surface area contributed by atoms with Crippen molar-refractivity contribution in [2.24, 2.45) is 4.99 Å². The molecule has 0 spiro atoms. The Morgan fingerprint density at radius 3 is 2.47 bits per heavy atom. The minimum absolute atomic E-state index is 0. The number of nitrogens with zero attached hydrogens (tertiary/aromatic N) is 4. The maximum Gasteiger partial charge on any atom is 0.243 e. The van der Waals surface area contributed by atoms with Gasteiger partial charge in [-0.05, 0) is 39.4 Å². The Morgan fingerprint density at radius 1 is 1.16 bits per heavy atom. The summed E-state index contributed by atoms with van der Waals surface area (Å²) in [5.74, 6) is 1.95. The quantitative estimate of drug-likeness (QED) is 0.296. The SMILES string of the molecule is CCNC(=NCc1ccccc1S(=O)(=O)N1CCN(C)CC1)NCc1nc(C)c(C)o1.I. The molecule has 2 aromatic rings. The summed E-state index contributed by atoms with van der Waals surface area (Å²) in [6, 6.07) is 7.08. The average molecular weight is 577 g/mol. The van der Waals surface area contributed by atoms with Gasteiger partial charge in [0.15, 0.2) is 5.96 Å². The first-order chi connectivity index (χ1) is 14.8. The lowest BCUT2D eigenvalue weighted by atomic mass is 10.2. The maximum absolute atomic E-state index is 13.2. The van der Waals surface area contributed by atoms with Crippen LogP contribution in [0.1, 0.15) is 29.8 Å². The number of benzene rings is 1. The van der Waals surface area contributed by atoms with Crippen molar-refractivity contribution < 1.29 is 12.8 Å². The molecule has 2 N–H and O–H groups in total. The predicted octanol–water partition coefficient (Wildman–Crippen LogP) is 2.10. The summed E-state index contributed by atoms with van der Waals surface area (Å²) in [5, 5.41) is 6.37. The van der Waals surface area contributed by atoms with E-state index in [9.17, 15) is 8.42 Å². The molecule has 2 heterocycles. The first kappa shape index (κ1) is 26.6. The van der Waals surface area contributed by atoms with Crippen molar-refractivity contribution in [2.45, 2.75) is 38.8 Å². The van der Waals surface area contributed by atoms with Crippen LogP contribution in [-0.2, 0) is 23.1 Å². The van der Waals surface area contributed by atoms with E-state index in [0.717, 1.165) is 24.5 Å². The summed E-state index contributed by atoms with van der Waals surface area (Å²) in [7, 11) is -1.56. The minimum Gasteiger partial charge on any atom is -0.444 e. The zero-order valence-electron chi connectivity index (χ0n) is 19.1. The van der Waals surface area contributed by atoms with Gasteiger partial charge in [0, 0.05) is 32.7 Å². The highest BCUT2D eigenvalue weighted by atomic mass is 127. The normalized spacial score (nSPS) is 15.9. The number of nitrogens with one attached hydrogen (secondary N) is 2. The fourth-order valence-electron chi connectivity index (χ4n) is 3.33. The molecule has 0 saturated carbocycles. The molecule has 1 fully saturated rings. The second kappa shape index (κ2) is 12.0. The van der Waals surface area contributed by atoms with Crippen molar-refractivity contribution in [1.82, 2.24) is 24.8 Å². The van der Waals surface area contributed by atoms with E-state index in [1.54, 1.807) is 16.4 Å². The molecule has 1 aliphatic heterocycles. The van der Waals surface area contributed by atoms with Gasteiger partial charge >= 0.3 is 0 Å². The smallest absolute Gasteiger partial charge is 0.243 e. The first-order valence-corrected chi connectivity index (χ1v) is 12.0. The number of rotatable bonds is 7. The van der Waals surface area contributed by atoms with Crippen LogP contribution in [0.4, 0.5) is 0 Å². The summed E-state index contributed by atoms with van der Waals surface area (Å²) in [5.41, 5.74) is 1.53. The van der Waals surface area contributed by atoms with E-state index < -0.39 is 10.0 Å². The molecule has 0 atom stereocenters. The summed E-state index contributed by atoms with van der Waals surface area (Å²) in [6.45, 7) is 9.51. The summed E-state index contributed by atoms with van der Waals surface area (Å²) in [6.07, 6.45) is 0. The highest BCUT2D eigenvalue weighted by Gasteiger charge is 2.29. The molecule has 0 aliphatic carbocycles. The molecule has 1 aliphatic rings. The van der Waals surface area contributed by atoms with Crippen molar-refractivity contribution in [3.8, 4) is 0 Å². The maximum atomic E-state index is 13.2. The van der Waals surface area contributed by atoms with Gasteiger partial charge in [-0.15, -0.1) is 24.0 Å². The lowest BCUT2D eigenvalue weighted by molar-refractivity contribution is 0.222. The predicted molar refractivity (Wildman–Crippen MR) is 136 cm³/mol. The van der Waals surface area contributed by atoms with Crippen molar-refractivity contribution >= 4 is 40.0 Å². The number of hydrogen-bond donors (Lipinski definition) is 2. The van der Waals surface area contributed by atoms with Crippen LogP contribution in [0.3, 0.4) is 0 Å². The molecule has 0 bridgehead atoms. The third-order valence-corrected chi connectivity index (χ3v) is 7.28. The van der Waals surface area contributed by atoms with Gasteiger partial charge in [-0.1, -0.05) is 18.2 Å². The number of piperazine rings is 1. The Labute approximate surface area is 207 Å². The highest BCUT2D eigenvalue weighted by molar-refractivity contribution is 14.0.